The number of nitrogens with zero attached hydrogens (tertiary/aromatic N) is 2. The monoisotopic (exact) mass is 338 g/mol. The lowest BCUT2D eigenvalue weighted by atomic mass is 9.90. The van der Waals surface area contributed by atoms with Gasteiger partial charge in [-0.3, -0.25) is 4.98 Å². The van der Waals surface area contributed by atoms with Gasteiger partial charge in [-0.25, -0.2) is 4.79 Å². The van der Waals surface area contributed by atoms with E-state index < -0.39 is 5.97 Å². The summed E-state index contributed by atoms with van der Waals surface area (Å²) in [5.41, 5.74) is 2.97. The molecule has 0 radical (unpaired) electrons. The van der Waals surface area contributed by atoms with Gasteiger partial charge in [0.1, 0.15) is 0 Å². The summed E-state index contributed by atoms with van der Waals surface area (Å²) in [6.07, 6.45) is 5.33. The van der Waals surface area contributed by atoms with Crippen LogP contribution in [0.2, 0.25) is 0 Å². The van der Waals surface area contributed by atoms with Crippen LogP contribution in [0, 0.1) is 5.92 Å². The van der Waals surface area contributed by atoms with Crippen molar-refractivity contribution in [3.05, 3.63) is 53.7 Å². The van der Waals surface area contributed by atoms with Gasteiger partial charge in [-0.05, 0) is 69.3 Å². The van der Waals surface area contributed by atoms with Crippen molar-refractivity contribution in [3.63, 3.8) is 0 Å². The van der Waals surface area contributed by atoms with Crippen LogP contribution in [0.5, 0.6) is 0 Å². The molecule has 0 saturated carbocycles. The molecular formula is C21H26N2O2. The fourth-order valence-electron chi connectivity index (χ4n) is 3.71. The number of aromatic carboxylic acids is 1. The van der Waals surface area contributed by atoms with Gasteiger partial charge in [0.25, 0.3) is 0 Å². The molecule has 0 amide bonds. The van der Waals surface area contributed by atoms with E-state index in [2.05, 4.69) is 35.9 Å². The highest BCUT2D eigenvalue weighted by Gasteiger charge is 2.22. The van der Waals surface area contributed by atoms with Crippen molar-refractivity contribution in [1.82, 2.24) is 9.88 Å². The molecule has 4 heteroatoms. The first kappa shape index (κ1) is 17.6. The van der Waals surface area contributed by atoms with E-state index in [4.69, 9.17) is 0 Å². The van der Waals surface area contributed by atoms with Crippen molar-refractivity contribution >= 4 is 5.97 Å². The summed E-state index contributed by atoms with van der Waals surface area (Å²) in [4.78, 5) is 18.4. The average molecular weight is 338 g/mol. The molecule has 1 aliphatic heterocycles. The largest absolute Gasteiger partial charge is 0.478 e. The Bertz CT molecular complexity index is 742. The summed E-state index contributed by atoms with van der Waals surface area (Å²) in [6.45, 7) is 6.86. The second-order valence-electron chi connectivity index (χ2n) is 7.20. The van der Waals surface area contributed by atoms with E-state index in [1.165, 1.54) is 24.9 Å². The molecule has 1 saturated heterocycles. The van der Waals surface area contributed by atoms with Crippen LogP contribution in [-0.4, -0.2) is 40.1 Å². The molecule has 1 aliphatic rings. The number of hydrogen-bond donors (Lipinski definition) is 1. The minimum atomic E-state index is -0.914. The fourth-order valence-corrected chi connectivity index (χ4v) is 3.71. The van der Waals surface area contributed by atoms with Gasteiger partial charge in [0.2, 0.25) is 0 Å². The number of carboxylic acid groups (broad SMARTS) is 1. The Labute approximate surface area is 149 Å². The molecule has 132 valence electrons. The first-order chi connectivity index (χ1) is 12.0. The Kier molecular flexibility index (Phi) is 5.49. The van der Waals surface area contributed by atoms with E-state index in [1.807, 2.05) is 12.1 Å². The Morgan fingerprint density at radius 3 is 2.88 bits per heavy atom. The molecule has 0 aliphatic carbocycles. The van der Waals surface area contributed by atoms with Crippen LogP contribution < -0.4 is 0 Å². The lowest BCUT2D eigenvalue weighted by Crippen LogP contribution is -2.40. The number of carbonyl (C=O) groups is 1. The van der Waals surface area contributed by atoms with Crippen LogP contribution in [0.15, 0.2) is 42.6 Å². The van der Waals surface area contributed by atoms with Gasteiger partial charge >= 0.3 is 5.97 Å². The maximum absolute atomic E-state index is 11.5. The maximum Gasteiger partial charge on any atom is 0.336 e. The van der Waals surface area contributed by atoms with Crippen molar-refractivity contribution in [3.8, 4) is 11.3 Å². The summed E-state index contributed by atoms with van der Waals surface area (Å²) < 4.78 is 0. The molecule has 1 aromatic carbocycles. The second kappa shape index (κ2) is 7.79. The van der Waals surface area contributed by atoms with Crippen LogP contribution >= 0.6 is 0 Å². The molecule has 0 spiro atoms. The van der Waals surface area contributed by atoms with Crippen molar-refractivity contribution in [2.75, 3.05) is 13.1 Å². The minimum absolute atomic E-state index is 0.302. The van der Waals surface area contributed by atoms with Crippen molar-refractivity contribution < 1.29 is 9.90 Å². The van der Waals surface area contributed by atoms with Crippen molar-refractivity contribution in [1.29, 1.82) is 0 Å². The molecule has 2 heterocycles. The van der Waals surface area contributed by atoms with Crippen LogP contribution in [0.25, 0.3) is 11.3 Å². The van der Waals surface area contributed by atoms with E-state index in [-0.39, 0.29) is 0 Å². The smallest absolute Gasteiger partial charge is 0.336 e. The van der Waals surface area contributed by atoms with Crippen LogP contribution in [-0.2, 0) is 6.42 Å². The highest BCUT2D eigenvalue weighted by atomic mass is 16.4. The second-order valence-corrected chi connectivity index (χ2v) is 7.20. The Balaban J connectivity index is 1.80. The van der Waals surface area contributed by atoms with E-state index in [0.29, 0.717) is 23.1 Å². The molecule has 4 nitrogen and oxygen atoms in total. The third-order valence-electron chi connectivity index (χ3n) is 5.06. The van der Waals surface area contributed by atoms with E-state index in [0.717, 1.165) is 18.7 Å². The van der Waals surface area contributed by atoms with E-state index in [9.17, 15) is 9.90 Å². The zero-order valence-electron chi connectivity index (χ0n) is 15.0. The molecule has 0 bridgehead atoms. The molecular weight excluding hydrogens is 312 g/mol. The Hall–Kier alpha value is -2.20. The molecule has 1 fully saturated rings. The summed E-state index contributed by atoms with van der Waals surface area (Å²) in [5.74, 6) is -0.260. The quantitative estimate of drug-likeness (QED) is 0.891. The van der Waals surface area contributed by atoms with Gasteiger partial charge in [-0.2, -0.15) is 0 Å². The number of likely N-dealkylation sites (tertiary alicyclic amines) is 1. The molecule has 25 heavy (non-hydrogen) atoms. The third-order valence-corrected chi connectivity index (χ3v) is 5.06. The van der Waals surface area contributed by atoms with E-state index >= 15 is 0 Å². The first-order valence-electron chi connectivity index (χ1n) is 9.06. The summed E-state index contributed by atoms with van der Waals surface area (Å²) in [7, 11) is 0. The summed E-state index contributed by atoms with van der Waals surface area (Å²) in [6, 6.07) is 11.8. The lowest BCUT2D eigenvalue weighted by Gasteiger charge is -2.35. The standard InChI is InChI=1S/C21H26N2O2/c1-15(2)23-11-5-6-17(14-23)12-16-9-10-22-20(13-16)18-7-3-4-8-19(18)21(24)25/h3-4,7-10,13,15,17H,5-6,11-12,14H2,1-2H3,(H,24,25). The number of aromatic nitrogens is 1. The van der Waals surface area contributed by atoms with Gasteiger partial charge < -0.3 is 10.0 Å². The zero-order chi connectivity index (χ0) is 17.8. The molecule has 3 rings (SSSR count). The molecule has 2 aromatic rings. The number of pyridine rings is 1. The molecule has 1 aromatic heterocycles. The SMILES string of the molecule is CC(C)N1CCCC(Cc2ccnc(-c3ccccc3C(=O)O)c2)C1. The van der Waals surface area contributed by atoms with Crippen LogP contribution in [0.4, 0.5) is 0 Å². The topological polar surface area (TPSA) is 53.4 Å². The van der Waals surface area contributed by atoms with Gasteiger partial charge in [-0.1, -0.05) is 18.2 Å². The molecule has 1 unspecified atom stereocenters. The Morgan fingerprint density at radius 1 is 1.32 bits per heavy atom. The molecule has 1 N–H and O–H groups in total. The predicted molar refractivity (Wildman–Crippen MR) is 99.8 cm³/mol. The minimum Gasteiger partial charge on any atom is -0.478 e. The van der Waals surface area contributed by atoms with Gasteiger partial charge in [0, 0.05) is 24.3 Å². The Morgan fingerprint density at radius 2 is 2.12 bits per heavy atom. The van der Waals surface area contributed by atoms with Crippen molar-refractivity contribution in [2.45, 2.75) is 39.2 Å². The van der Waals surface area contributed by atoms with Crippen LogP contribution in [0.3, 0.4) is 0 Å². The number of hydrogen-bond acceptors (Lipinski definition) is 3. The number of piperidine rings is 1. The average Bonchev–Trinajstić information content (AvgIpc) is 2.62. The third kappa shape index (κ3) is 4.26. The number of carboxylic acids is 1. The first-order valence-corrected chi connectivity index (χ1v) is 9.06. The normalized spacial score (nSPS) is 18.4. The van der Waals surface area contributed by atoms with Crippen molar-refractivity contribution in [2.24, 2.45) is 5.92 Å². The number of benzene rings is 1. The van der Waals surface area contributed by atoms with E-state index in [1.54, 1.807) is 18.3 Å². The van der Waals surface area contributed by atoms with Gasteiger partial charge in [0.05, 0.1) is 11.3 Å². The summed E-state index contributed by atoms with van der Waals surface area (Å²) >= 11 is 0. The van der Waals surface area contributed by atoms with Crippen LogP contribution in [0.1, 0.15) is 42.6 Å². The highest BCUT2D eigenvalue weighted by Crippen LogP contribution is 2.26. The zero-order valence-corrected chi connectivity index (χ0v) is 15.0. The predicted octanol–water partition coefficient (Wildman–Crippen LogP) is 4.11. The van der Waals surface area contributed by atoms with Gasteiger partial charge in [0.15, 0.2) is 0 Å². The molecule has 1 atom stereocenters. The highest BCUT2D eigenvalue weighted by molar-refractivity contribution is 5.95. The maximum atomic E-state index is 11.5. The summed E-state index contributed by atoms with van der Waals surface area (Å²) in [5, 5.41) is 9.41. The number of rotatable bonds is 5. The lowest BCUT2D eigenvalue weighted by molar-refractivity contribution is 0.0697. The fraction of sp³-hybridized carbons (Fsp3) is 0.429. The van der Waals surface area contributed by atoms with Gasteiger partial charge in [-0.15, -0.1) is 0 Å².